The monoisotopic (exact) mass is 426 g/mol. The summed E-state index contributed by atoms with van der Waals surface area (Å²) in [6, 6.07) is 0. The molecule has 3 aromatic heterocycles. The molecule has 10 heteroatoms. The van der Waals surface area contributed by atoms with Crippen molar-refractivity contribution in [3.8, 4) is 0 Å². The van der Waals surface area contributed by atoms with Crippen LogP contribution in [0.25, 0.3) is 10.2 Å². The zero-order valence-electron chi connectivity index (χ0n) is 16.8. The van der Waals surface area contributed by atoms with Gasteiger partial charge in [-0.05, 0) is 19.4 Å². The molecule has 1 aliphatic rings. The predicted octanol–water partition coefficient (Wildman–Crippen LogP) is 1.31. The van der Waals surface area contributed by atoms with Gasteiger partial charge in [-0.2, -0.15) is 0 Å². The van der Waals surface area contributed by atoms with Crippen LogP contribution in [0.4, 0.5) is 0 Å². The Bertz CT molecular complexity index is 1150. The Morgan fingerprint density at radius 2 is 1.87 bits per heavy atom. The zero-order valence-corrected chi connectivity index (χ0v) is 17.7. The lowest BCUT2D eigenvalue weighted by atomic mass is 10.2. The van der Waals surface area contributed by atoms with Crippen LogP contribution in [-0.2, 0) is 11.2 Å². The van der Waals surface area contributed by atoms with Crippen molar-refractivity contribution in [1.82, 2.24) is 29.7 Å². The molecule has 156 valence electrons. The van der Waals surface area contributed by atoms with Crippen molar-refractivity contribution < 1.29 is 9.59 Å². The predicted molar refractivity (Wildman–Crippen MR) is 113 cm³/mol. The minimum Gasteiger partial charge on any atom is -0.339 e. The number of H-pyrrole nitrogens is 1. The van der Waals surface area contributed by atoms with Gasteiger partial charge in [0.2, 0.25) is 5.91 Å². The van der Waals surface area contributed by atoms with E-state index in [0.29, 0.717) is 54.3 Å². The van der Waals surface area contributed by atoms with Crippen LogP contribution in [0.3, 0.4) is 0 Å². The number of aromatic nitrogens is 4. The second-order valence-corrected chi connectivity index (χ2v) is 8.44. The van der Waals surface area contributed by atoms with Gasteiger partial charge in [-0.1, -0.05) is 0 Å². The largest absolute Gasteiger partial charge is 0.339 e. The van der Waals surface area contributed by atoms with Crippen LogP contribution in [-0.4, -0.2) is 67.7 Å². The van der Waals surface area contributed by atoms with Crippen LogP contribution in [0.1, 0.15) is 33.2 Å². The molecule has 1 fully saturated rings. The van der Waals surface area contributed by atoms with Gasteiger partial charge in [0, 0.05) is 56.3 Å². The van der Waals surface area contributed by atoms with Crippen LogP contribution in [0.15, 0.2) is 23.4 Å². The average Bonchev–Trinajstić information content (AvgIpc) is 3.06. The molecule has 1 saturated heterocycles. The number of nitrogens with one attached hydrogen (secondary N) is 1. The third-order valence-corrected chi connectivity index (χ3v) is 6.47. The average molecular weight is 427 g/mol. The van der Waals surface area contributed by atoms with Gasteiger partial charge in [0.15, 0.2) is 0 Å². The molecule has 0 spiro atoms. The number of amides is 2. The van der Waals surface area contributed by atoms with Gasteiger partial charge < -0.3 is 14.8 Å². The van der Waals surface area contributed by atoms with E-state index in [1.807, 2.05) is 13.8 Å². The Morgan fingerprint density at radius 3 is 2.57 bits per heavy atom. The zero-order chi connectivity index (χ0) is 21.3. The summed E-state index contributed by atoms with van der Waals surface area (Å²) in [5.41, 5.74) is 1.11. The van der Waals surface area contributed by atoms with Crippen molar-refractivity contribution in [3.05, 3.63) is 50.9 Å². The van der Waals surface area contributed by atoms with Crippen LogP contribution in [0.2, 0.25) is 0 Å². The number of fused-ring (bicyclic) bond motifs is 1. The SMILES string of the molecule is Cc1sc2nc(CCC(=O)N3CCN(C(=O)c4cnccn4)CC3)[nH]c(=O)c2c1C. The molecule has 30 heavy (non-hydrogen) atoms. The fraction of sp³-hybridized carbons (Fsp3) is 0.400. The standard InChI is InChI=1S/C20H22N6O3S/c1-12-13(2)30-19-17(12)18(28)23-15(24-19)3-4-16(27)25-7-9-26(10-8-25)20(29)14-11-21-5-6-22-14/h5-6,11H,3-4,7-10H2,1-2H3,(H,23,24,28). The van der Waals surface area contributed by atoms with Crippen molar-refractivity contribution in [3.63, 3.8) is 0 Å². The first-order valence-electron chi connectivity index (χ1n) is 9.76. The second kappa shape index (κ2) is 8.31. The molecule has 4 heterocycles. The molecule has 0 atom stereocenters. The molecule has 9 nitrogen and oxygen atoms in total. The van der Waals surface area contributed by atoms with Gasteiger partial charge in [-0.15, -0.1) is 11.3 Å². The number of hydrogen-bond donors (Lipinski definition) is 1. The molecule has 4 rings (SSSR count). The number of hydrogen-bond acceptors (Lipinski definition) is 7. The van der Waals surface area contributed by atoms with E-state index in [4.69, 9.17) is 0 Å². The summed E-state index contributed by atoms with van der Waals surface area (Å²) in [4.78, 5) is 57.9. The lowest BCUT2D eigenvalue weighted by Gasteiger charge is -2.34. The van der Waals surface area contributed by atoms with Gasteiger partial charge in [0.05, 0.1) is 11.6 Å². The number of aromatic amines is 1. The number of carbonyl (C=O) groups excluding carboxylic acids is 2. The van der Waals surface area contributed by atoms with E-state index in [-0.39, 0.29) is 23.8 Å². The summed E-state index contributed by atoms with van der Waals surface area (Å²) in [7, 11) is 0. The lowest BCUT2D eigenvalue weighted by molar-refractivity contribution is -0.132. The molecule has 2 amide bonds. The van der Waals surface area contributed by atoms with Crippen molar-refractivity contribution in [2.24, 2.45) is 0 Å². The van der Waals surface area contributed by atoms with Gasteiger partial charge in [-0.3, -0.25) is 19.4 Å². The Balaban J connectivity index is 1.34. The van der Waals surface area contributed by atoms with Gasteiger partial charge in [0.25, 0.3) is 11.5 Å². The number of piperazine rings is 1. The van der Waals surface area contributed by atoms with Crippen molar-refractivity contribution in [1.29, 1.82) is 0 Å². The van der Waals surface area contributed by atoms with E-state index in [1.165, 1.54) is 29.9 Å². The Kier molecular flexibility index (Phi) is 5.58. The molecule has 0 radical (unpaired) electrons. The molecular weight excluding hydrogens is 404 g/mol. The first kappa shape index (κ1) is 20.1. The number of nitrogens with zero attached hydrogens (tertiary/aromatic N) is 5. The van der Waals surface area contributed by atoms with E-state index in [9.17, 15) is 14.4 Å². The number of carbonyl (C=O) groups is 2. The fourth-order valence-electron chi connectivity index (χ4n) is 3.53. The molecule has 1 N–H and O–H groups in total. The summed E-state index contributed by atoms with van der Waals surface area (Å²) in [6.07, 6.45) is 5.09. The van der Waals surface area contributed by atoms with Crippen molar-refractivity contribution >= 4 is 33.4 Å². The van der Waals surface area contributed by atoms with Crippen molar-refractivity contribution in [2.75, 3.05) is 26.2 Å². The Morgan fingerprint density at radius 1 is 1.13 bits per heavy atom. The Labute approximate surface area is 176 Å². The summed E-state index contributed by atoms with van der Waals surface area (Å²) in [5.74, 6) is 0.341. The first-order valence-corrected chi connectivity index (χ1v) is 10.6. The quantitative estimate of drug-likeness (QED) is 0.673. The summed E-state index contributed by atoms with van der Waals surface area (Å²) >= 11 is 1.50. The summed E-state index contributed by atoms with van der Waals surface area (Å²) in [6.45, 7) is 5.74. The molecule has 0 saturated carbocycles. The lowest BCUT2D eigenvalue weighted by Crippen LogP contribution is -2.50. The highest BCUT2D eigenvalue weighted by Crippen LogP contribution is 2.25. The Hall–Kier alpha value is -3.14. The van der Waals surface area contributed by atoms with Gasteiger partial charge in [0.1, 0.15) is 16.3 Å². The van der Waals surface area contributed by atoms with Crippen LogP contribution < -0.4 is 5.56 Å². The molecule has 0 aliphatic carbocycles. The maximum Gasteiger partial charge on any atom is 0.274 e. The third kappa shape index (κ3) is 3.95. The minimum absolute atomic E-state index is 0.0112. The number of aryl methyl sites for hydroxylation is 3. The normalized spacial score (nSPS) is 14.3. The van der Waals surface area contributed by atoms with Crippen LogP contribution in [0, 0.1) is 13.8 Å². The highest BCUT2D eigenvalue weighted by atomic mass is 32.1. The fourth-order valence-corrected chi connectivity index (χ4v) is 4.58. The molecular formula is C20H22N6O3S. The van der Waals surface area contributed by atoms with E-state index in [0.717, 1.165) is 10.4 Å². The maximum absolute atomic E-state index is 12.6. The molecule has 1 aliphatic heterocycles. The van der Waals surface area contributed by atoms with Gasteiger partial charge in [-0.25, -0.2) is 9.97 Å². The van der Waals surface area contributed by atoms with E-state index in [1.54, 1.807) is 9.80 Å². The maximum atomic E-state index is 12.6. The van der Waals surface area contributed by atoms with E-state index < -0.39 is 0 Å². The van der Waals surface area contributed by atoms with Crippen molar-refractivity contribution in [2.45, 2.75) is 26.7 Å². The summed E-state index contributed by atoms with van der Waals surface area (Å²) in [5, 5.41) is 0.636. The van der Waals surface area contributed by atoms with E-state index >= 15 is 0 Å². The molecule has 0 bridgehead atoms. The van der Waals surface area contributed by atoms with Crippen LogP contribution >= 0.6 is 11.3 Å². The van der Waals surface area contributed by atoms with Crippen LogP contribution in [0.5, 0.6) is 0 Å². The topological polar surface area (TPSA) is 112 Å². The number of thiophene rings is 1. The second-order valence-electron chi connectivity index (χ2n) is 7.24. The molecule has 0 unspecified atom stereocenters. The molecule has 3 aromatic rings. The van der Waals surface area contributed by atoms with Gasteiger partial charge >= 0.3 is 0 Å². The minimum atomic E-state index is -0.174. The van der Waals surface area contributed by atoms with E-state index in [2.05, 4.69) is 19.9 Å². The highest BCUT2D eigenvalue weighted by Gasteiger charge is 2.25. The first-order chi connectivity index (χ1) is 14.4. The smallest absolute Gasteiger partial charge is 0.274 e. The highest BCUT2D eigenvalue weighted by molar-refractivity contribution is 7.18. The third-order valence-electron chi connectivity index (χ3n) is 5.37. The number of rotatable bonds is 4. The summed E-state index contributed by atoms with van der Waals surface area (Å²) < 4.78 is 0. The molecule has 0 aromatic carbocycles.